The molecule has 10 heteroatoms. The van der Waals surface area contributed by atoms with E-state index in [4.69, 9.17) is 16.3 Å². The Morgan fingerprint density at radius 1 is 1.09 bits per heavy atom. The lowest BCUT2D eigenvalue weighted by Gasteiger charge is -2.24. The van der Waals surface area contributed by atoms with Gasteiger partial charge in [0, 0.05) is 17.3 Å². The van der Waals surface area contributed by atoms with Crippen molar-refractivity contribution in [3.8, 4) is 5.75 Å². The van der Waals surface area contributed by atoms with Gasteiger partial charge in [-0.3, -0.25) is 9.10 Å². The third kappa shape index (κ3) is 7.62. The monoisotopic (exact) mass is 536 g/mol. The molecule has 0 aliphatic carbocycles. The number of hydrogen-bond donors (Lipinski definition) is 1. The van der Waals surface area contributed by atoms with Crippen molar-refractivity contribution in [3.05, 3.63) is 89.2 Å². The van der Waals surface area contributed by atoms with E-state index in [0.717, 1.165) is 10.1 Å². The average Bonchev–Trinajstić information content (AvgIpc) is 2.85. The lowest BCUT2D eigenvalue weighted by Crippen LogP contribution is -2.41. The van der Waals surface area contributed by atoms with Gasteiger partial charge >= 0.3 is 0 Å². The number of rotatable bonds is 12. The van der Waals surface area contributed by atoms with Crippen molar-refractivity contribution in [2.24, 2.45) is 0 Å². The van der Waals surface area contributed by atoms with Gasteiger partial charge in [0.1, 0.15) is 18.1 Å². The minimum Gasteiger partial charge on any atom is -0.497 e. The molecule has 0 aliphatic rings. The number of nitrogens with zero attached hydrogens (tertiary/aromatic N) is 1. The molecule has 0 aliphatic heterocycles. The van der Waals surface area contributed by atoms with Gasteiger partial charge in [-0.2, -0.15) is 11.8 Å². The summed E-state index contributed by atoms with van der Waals surface area (Å²) >= 11 is 7.65. The Bertz CT molecular complexity index is 1240. The molecule has 3 aromatic carbocycles. The third-order valence-corrected chi connectivity index (χ3v) is 8.15. The molecule has 3 aromatic rings. The molecule has 35 heavy (non-hydrogen) atoms. The van der Waals surface area contributed by atoms with Crippen molar-refractivity contribution in [3.63, 3.8) is 0 Å². The number of halogens is 2. The van der Waals surface area contributed by atoms with Crippen LogP contribution in [0.4, 0.5) is 10.1 Å². The number of thioether (sulfide) groups is 1. The predicted octanol–water partition coefficient (Wildman–Crippen LogP) is 5.12. The Balaban J connectivity index is 1.61. The van der Waals surface area contributed by atoms with Crippen LogP contribution in [0.25, 0.3) is 0 Å². The van der Waals surface area contributed by atoms with Gasteiger partial charge in [-0.15, -0.1) is 0 Å². The molecule has 0 fully saturated rings. The summed E-state index contributed by atoms with van der Waals surface area (Å²) in [4.78, 5) is 12.7. The van der Waals surface area contributed by atoms with Crippen LogP contribution in [0, 0.1) is 5.82 Å². The molecule has 0 spiro atoms. The number of amides is 1. The van der Waals surface area contributed by atoms with E-state index >= 15 is 0 Å². The van der Waals surface area contributed by atoms with E-state index in [1.165, 1.54) is 31.4 Å². The lowest BCUT2D eigenvalue weighted by atomic mass is 10.2. The van der Waals surface area contributed by atoms with Gasteiger partial charge in [-0.1, -0.05) is 35.9 Å². The summed E-state index contributed by atoms with van der Waals surface area (Å²) in [5, 5.41) is 3.12. The van der Waals surface area contributed by atoms with Crippen LogP contribution >= 0.6 is 23.4 Å². The summed E-state index contributed by atoms with van der Waals surface area (Å²) in [6.45, 7) is -0.0356. The first-order chi connectivity index (χ1) is 16.8. The highest BCUT2D eigenvalue weighted by Crippen LogP contribution is 2.27. The number of nitrogens with one attached hydrogen (secondary N) is 1. The number of sulfonamides is 1. The molecule has 0 saturated heterocycles. The minimum atomic E-state index is -4.05. The van der Waals surface area contributed by atoms with Crippen molar-refractivity contribution >= 4 is 45.0 Å². The molecule has 0 atom stereocenters. The van der Waals surface area contributed by atoms with E-state index in [0.29, 0.717) is 35.1 Å². The number of hydrogen-bond acceptors (Lipinski definition) is 5. The van der Waals surface area contributed by atoms with E-state index in [1.54, 1.807) is 60.3 Å². The van der Waals surface area contributed by atoms with Gasteiger partial charge in [0.05, 0.1) is 17.7 Å². The second kappa shape index (κ2) is 12.8. The minimum absolute atomic E-state index is 0.0237. The zero-order chi connectivity index (χ0) is 25.3. The number of ether oxygens (including phenoxy) is 1. The predicted molar refractivity (Wildman–Crippen MR) is 139 cm³/mol. The van der Waals surface area contributed by atoms with Gasteiger partial charge in [0.15, 0.2) is 0 Å². The van der Waals surface area contributed by atoms with Gasteiger partial charge < -0.3 is 10.1 Å². The number of carbonyl (C=O) groups is 1. The fourth-order valence-corrected chi connectivity index (χ4v) is 5.75. The third-order valence-electron chi connectivity index (χ3n) is 5.03. The van der Waals surface area contributed by atoms with Crippen molar-refractivity contribution in [2.75, 3.05) is 30.3 Å². The van der Waals surface area contributed by atoms with E-state index in [1.807, 2.05) is 0 Å². The largest absolute Gasteiger partial charge is 0.497 e. The van der Waals surface area contributed by atoms with Crippen LogP contribution in [-0.2, 0) is 20.6 Å². The van der Waals surface area contributed by atoms with E-state index in [2.05, 4.69) is 5.32 Å². The highest BCUT2D eigenvalue weighted by molar-refractivity contribution is 7.98. The van der Waals surface area contributed by atoms with Crippen LogP contribution in [-0.4, -0.2) is 40.3 Å². The molecule has 3 rings (SSSR count). The zero-order valence-electron chi connectivity index (χ0n) is 19.1. The van der Waals surface area contributed by atoms with Crippen molar-refractivity contribution in [1.29, 1.82) is 0 Å². The molecule has 0 unspecified atom stereocenters. The van der Waals surface area contributed by atoms with Crippen LogP contribution in [0.5, 0.6) is 5.75 Å². The Kier molecular flexibility index (Phi) is 9.83. The molecule has 1 N–H and O–H groups in total. The second-order valence-electron chi connectivity index (χ2n) is 7.51. The first-order valence-electron chi connectivity index (χ1n) is 10.8. The van der Waals surface area contributed by atoms with E-state index in [-0.39, 0.29) is 16.4 Å². The first-order valence-corrected chi connectivity index (χ1v) is 13.8. The number of benzene rings is 3. The maximum atomic E-state index is 13.7. The van der Waals surface area contributed by atoms with Gasteiger partial charge in [-0.05, 0) is 66.3 Å². The summed E-state index contributed by atoms with van der Waals surface area (Å²) < 4.78 is 46.6. The molecule has 186 valence electrons. The zero-order valence-corrected chi connectivity index (χ0v) is 21.5. The maximum absolute atomic E-state index is 13.7. The van der Waals surface area contributed by atoms with Gasteiger partial charge in [0.25, 0.3) is 10.0 Å². The molecule has 0 heterocycles. The average molecular weight is 537 g/mol. The lowest BCUT2D eigenvalue weighted by molar-refractivity contribution is -0.119. The molecule has 0 radical (unpaired) electrons. The van der Waals surface area contributed by atoms with Gasteiger partial charge in [0.2, 0.25) is 5.91 Å². The van der Waals surface area contributed by atoms with Crippen molar-refractivity contribution in [1.82, 2.24) is 5.32 Å². The maximum Gasteiger partial charge on any atom is 0.264 e. The van der Waals surface area contributed by atoms with Crippen LogP contribution in [0.1, 0.15) is 12.0 Å². The van der Waals surface area contributed by atoms with Crippen molar-refractivity contribution in [2.45, 2.75) is 17.1 Å². The summed E-state index contributed by atoms with van der Waals surface area (Å²) in [7, 11) is -2.56. The number of anilines is 1. The van der Waals surface area contributed by atoms with Crippen LogP contribution < -0.4 is 14.4 Å². The number of methoxy groups -OCH3 is 1. The highest BCUT2D eigenvalue weighted by Gasteiger charge is 2.27. The fraction of sp³-hybridized carbons (Fsp3) is 0.240. The molecule has 1 amide bonds. The summed E-state index contributed by atoms with van der Waals surface area (Å²) in [6, 6.07) is 18.9. The fourth-order valence-electron chi connectivity index (χ4n) is 3.21. The SMILES string of the molecule is COc1ccc(S(=O)(=O)N(CC(=O)NCCCSCc2ccccc2F)c2cccc(Cl)c2)cc1. The summed E-state index contributed by atoms with van der Waals surface area (Å²) in [5.74, 6) is 1.11. The van der Waals surface area contributed by atoms with E-state index < -0.39 is 22.5 Å². The summed E-state index contributed by atoms with van der Waals surface area (Å²) in [6.07, 6.45) is 0.660. The molecular weight excluding hydrogens is 511 g/mol. The van der Waals surface area contributed by atoms with Crippen molar-refractivity contribution < 1.29 is 22.3 Å². The topological polar surface area (TPSA) is 75.7 Å². The molecule has 6 nitrogen and oxygen atoms in total. The smallest absolute Gasteiger partial charge is 0.264 e. The first kappa shape index (κ1) is 26.8. The second-order valence-corrected chi connectivity index (χ2v) is 10.9. The quantitative estimate of drug-likeness (QED) is 0.325. The normalized spacial score (nSPS) is 11.2. The van der Waals surface area contributed by atoms with E-state index in [9.17, 15) is 17.6 Å². The molecular formula is C25H26ClFN2O4S2. The Hall–Kier alpha value is -2.75. The number of carbonyl (C=O) groups excluding carboxylic acids is 1. The summed E-state index contributed by atoms with van der Waals surface area (Å²) in [5.41, 5.74) is 0.923. The Morgan fingerprint density at radius 2 is 1.83 bits per heavy atom. The standard InChI is InChI=1S/C25H26ClFN2O4S2/c1-33-22-10-12-23(13-11-22)35(31,32)29(21-8-4-7-20(26)16-21)17-25(30)28-14-5-15-34-18-19-6-2-3-9-24(19)27/h2-4,6-13,16H,5,14-15,17-18H2,1H3,(H,28,30). The highest BCUT2D eigenvalue weighted by atomic mass is 35.5. The van der Waals surface area contributed by atoms with Crippen LogP contribution in [0.3, 0.4) is 0 Å². The molecule has 0 bridgehead atoms. The Labute approximate surface area is 214 Å². The molecule has 0 aromatic heterocycles. The van der Waals surface area contributed by atoms with Crippen LogP contribution in [0.15, 0.2) is 77.7 Å². The van der Waals surface area contributed by atoms with Gasteiger partial charge in [-0.25, -0.2) is 12.8 Å². The molecule has 0 saturated carbocycles. The Morgan fingerprint density at radius 3 is 2.51 bits per heavy atom. The van der Waals surface area contributed by atoms with Crippen LogP contribution in [0.2, 0.25) is 5.02 Å².